The van der Waals surface area contributed by atoms with Gasteiger partial charge in [-0.25, -0.2) is 9.37 Å². The van der Waals surface area contributed by atoms with Crippen LogP contribution in [-0.4, -0.2) is 43.3 Å². The summed E-state index contributed by atoms with van der Waals surface area (Å²) in [5.74, 6) is 1.12. The van der Waals surface area contributed by atoms with Gasteiger partial charge in [-0.3, -0.25) is 4.90 Å². The first-order valence-corrected chi connectivity index (χ1v) is 8.16. The second-order valence-electron chi connectivity index (χ2n) is 6.08. The third-order valence-electron chi connectivity index (χ3n) is 4.54. The minimum absolute atomic E-state index is 0.314. The van der Waals surface area contributed by atoms with Gasteiger partial charge in [0.05, 0.1) is 24.5 Å². The van der Waals surface area contributed by atoms with Crippen LogP contribution in [0, 0.1) is 12.7 Å². The van der Waals surface area contributed by atoms with Gasteiger partial charge < -0.3 is 13.9 Å². The molecule has 1 saturated heterocycles. The normalized spacial score (nSPS) is 16.5. The Labute approximate surface area is 141 Å². The average molecular weight is 334 g/mol. The van der Waals surface area contributed by atoms with E-state index in [1.165, 1.54) is 13.2 Å². The molecule has 0 saturated carbocycles. The molecule has 0 radical (unpaired) electrons. The standard InChI is InChI=1S/C18H23FN2O3/c1-12-17(11-21-8-6-13(22-2)7-9-21)20-18(24-12)15-5-4-14(23-3)10-16(15)19/h4-5,10,13H,6-9,11H2,1-3H3. The van der Waals surface area contributed by atoms with E-state index in [1.54, 1.807) is 19.2 Å². The minimum Gasteiger partial charge on any atom is -0.497 e. The van der Waals surface area contributed by atoms with Crippen molar-refractivity contribution in [2.75, 3.05) is 27.3 Å². The fraction of sp³-hybridized carbons (Fsp3) is 0.500. The monoisotopic (exact) mass is 334 g/mol. The summed E-state index contributed by atoms with van der Waals surface area (Å²) in [7, 11) is 3.27. The number of piperidine rings is 1. The SMILES string of the molecule is COc1ccc(-c2nc(CN3CCC(OC)CC3)c(C)o2)c(F)c1. The molecule has 0 atom stereocenters. The molecule has 0 N–H and O–H groups in total. The zero-order valence-electron chi connectivity index (χ0n) is 14.3. The summed E-state index contributed by atoms with van der Waals surface area (Å²) in [6.07, 6.45) is 2.39. The molecule has 1 aliphatic heterocycles. The van der Waals surface area contributed by atoms with Crippen molar-refractivity contribution in [3.8, 4) is 17.2 Å². The van der Waals surface area contributed by atoms with E-state index in [1.807, 2.05) is 6.92 Å². The molecule has 2 heterocycles. The maximum atomic E-state index is 14.2. The van der Waals surface area contributed by atoms with Crippen molar-refractivity contribution in [1.29, 1.82) is 0 Å². The van der Waals surface area contributed by atoms with Gasteiger partial charge in [0.15, 0.2) is 0 Å². The number of hydrogen-bond acceptors (Lipinski definition) is 5. The van der Waals surface area contributed by atoms with Gasteiger partial charge in [-0.2, -0.15) is 0 Å². The van der Waals surface area contributed by atoms with Crippen LogP contribution in [0.25, 0.3) is 11.5 Å². The number of rotatable bonds is 5. The second-order valence-corrected chi connectivity index (χ2v) is 6.08. The van der Waals surface area contributed by atoms with E-state index in [4.69, 9.17) is 13.9 Å². The molecule has 5 nitrogen and oxygen atoms in total. The van der Waals surface area contributed by atoms with Gasteiger partial charge in [0.1, 0.15) is 17.3 Å². The van der Waals surface area contributed by atoms with Crippen LogP contribution in [0.4, 0.5) is 4.39 Å². The van der Waals surface area contributed by atoms with Gasteiger partial charge in [0.25, 0.3) is 0 Å². The van der Waals surface area contributed by atoms with Crippen molar-refractivity contribution in [3.05, 3.63) is 35.5 Å². The molecule has 1 fully saturated rings. The largest absolute Gasteiger partial charge is 0.497 e. The summed E-state index contributed by atoms with van der Waals surface area (Å²) in [5, 5.41) is 0. The van der Waals surface area contributed by atoms with Crippen molar-refractivity contribution in [2.24, 2.45) is 0 Å². The average Bonchev–Trinajstić information content (AvgIpc) is 2.95. The lowest BCUT2D eigenvalue weighted by molar-refractivity contribution is 0.0384. The van der Waals surface area contributed by atoms with Crippen LogP contribution in [-0.2, 0) is 11.3 Å². The highest BCUT2D eigenvalue weighted by molar-refractivity contribution is 5.56. The minimum atomic E-state index is -0.400. The Hall–Kier alpha value is -1.92. The van der Waals surface area contributed by atoms with Crippen molar-refractivity contribution in [3.63, 3.8) is 0 Å². The number of nitrogens with zero attached hydrogens (tertiary/aromatic N) is 2. The Morgan fingerprint density at radius 2 is 2.04 bits per heavy atom. The molecule has 0 amide bonds. The Bertz CT molecular complexity index is 694. The molecule has 1 aromatic carbocycles. The van der Waals surface area contributed by atoms with E-state index in [0.29, 0.717) is 29.9 Å². The molecule has 1 aliphatic rings. The van der Waals surface area contributed by atoms with Crippen molar-refractivity contribution < 1.29 is 18.3 Å². The molecule has 1 aromatic heterocycles. The van der Waals surface area contributed by atoms with E-state index >= 15 is 0 Å². The first-order valence-electron chi connectivity index (χ1n) is 8.16. The highest BCUT2D eigenvalue weighted by Gasteiger charge is 2.22. The third-order valence-corrected chi connectivity index (χ3v) is 4.54. The molecule has 0 unspecified atom stereocenters. The van der Waals surface area contributed by atoms with Crippen LogP contribution in [0.3, 0.4) is 0 Å². The molecule has 130 valence electrons. The number of ether oxygens (including phenoxy) is 2. The predicted octanol–water partition coefficient (Wildman–Crippen LogP) is 3.41. The number of likely N-dealkylation sites (tertiary alicyclic amines) is 1. The van der Waals surface area contributed by atoms with Crippen LogP contribution < -0.4 is 4.74 Å². The fourth-order valence-corrected chi connectivity index (χ4v) is 3.00. The van der Waals surface area contributed by atoms with Gasteiger partial charge in [-0.1, -0.05) is 0 Å². The summed E-state index contributed by atoms with van der Waals surface area (Å²) >= 11 is 0. The van der Waals surface area contributed by atoms with Crippen LogP contribution >= 0.6 is 0 Å². The third kappa shape index (κ3) is 3.60. The first kappa shape index (κ1) is 16.9. The van der Waals surface area contributed by atoms with Crippen molar-refractivity contribution in [1.82, 2.24) is 9.88 Å². The Morgan fingerprint density at radius 1 is 1.29 bits per heavy atom. The lowest BCUT2D eigenvalue weighted by Crippen LogP contribution is -2.36. The fourth-order valence-electron chi connectivity index (χ4n) is 3.00. The van der Waals surface area contributed by atoms with Crippen LogP contribution in [0.2, 0.25) is 0 Å². The Balaban J connectivity index is 1.73. The molecule has 0 spiro atoms. The van der Waals surface area contributed by atoms with E-state index in [9.17, 15) is 4.39 Å². The molecule has 3 rings (SSSR count). The Morgan fingerprint density at radius 3 is 2.67 bits per heavy atom. The number of benzene rings is 1. The first-order chi connectivity index (χ1) is 11.6. The zero-order valence-corrected chi connectivity index (χ0v) is 14.3. The summed E-state index contributed by atoms with van der Waals surface area (Å²) in [5.41, 5.74) is 1.21. The molecular formula is C18H23FN2O3. The van der Waals surface area contributed by atoms with Gasteiger partial charge in [-0.05, 0) is 31.9 Å². The van der Waals surface area contributed by atoms with Gasteiger partial charge in [0.2, 0.25) is 5.89 Å². The number of aromatic nitrogens is 1. The lowest BCUT2D eigenvalue weighted by Gasteiger charge is -2.30. The molecule has 0 aliphatic carbocycles. The van der Waals surface area contributed by atoms with E-state index in [0.717, 1.165) is 37.4 Å². The smallest absolute Gasteiger partial charge is 0.229 e. The lowest BCUT2D eigenvalue weighted by atomic mass is 10.1. The van der Waals surface area contributed by atoms with E-state index in [2.05, 4.69) is 9.88 Å². The maximum absolute atomic E-state index is 14.2. The van der Waals surface area contributed by atoms with Gasteiger partial charge >= 0.3 is 0 Å². The number of aryl methyl sites for hydroxylation is 1. The number of halogens is 1. The topological polar surface area (TPSA) is 47.7 Å². The molecule has 6 heteroatoms. The van der Waals surface area contributed by atoms with E-state index in [-0.39, 0.29) is 0 Å². The second kappa shape index (κ2) is 7.32. The molecule has 2 aromatic rings. The van der Waals surface area contributed by atoms with Crippen LogP contribution in [0.15, 0.2) is 22.6 Å². The summed E-state index contributed by atoms with van der Waals surface area (Å²) in [4.78, 5) is 6.84. The molecular weight excluding hydrogens is 311 g/mol. The van der Waals surface area contributed by atoms with Crippen LogP contribution in [0.1, 0.15) is 24.3 Å². The van der Waals surface area contributed by atoms with Crippen LogP contribution in [0.5, 0.6) is 5.75 Å². The van der Waals surface area contributed by atoms with Gasteiger partial charge in [0, 0.05) is 32.8 Å². The number of hydrogen-bond donors (Lipinski definition) is 0. The van der Waals surface area contributed by atoms with Crippen molar-refractivity contribution >= 4 is 0 Å². The maximum Gasteiger partial charge on any atom is 0.229 e. The van der Waals surface area contributed by atoms with Gasteiger partial charge in [-0.15, -0.1) is 0 Å². The quantitative estimate of drug-likeness (QED) is 0.838. The Kier molecular flexibility index (Phi) is 5.16. The highest BCUT2D eigenvalue weighted by Crippen LogP contribution is 2.28. The number of methoxy groups -OCH3 is 2. The number of oxazole rings is 1. The zero-order chi connectivity index (χ0) is 17.1. The summed E-state index contributed by atoms with van der Waals surface area (Å²) in [6.45, 7) is 4.52. The predicted molar refractivity (Wildman–Crippen MR) is 88.5 cm³/mol. The summed E-state index contributed by atoms with van der Waals surface area (Å²) < 4.78 is 30.3. The molecule has 24 heavy (non-hydrogen) atoms. The van der Waals surface area contributed by atoms with Crippen molar-refractivity contribution in [2.45, 2.75) is 32.4 Å². The highest BCUT2D eigenvalue weighted by atomic mass is 19.1. The van der Waals surface area contributed by atoms with E-state index < -0.39 is 5.82 Å². The summed E-state index contributed by atoms with van der Waals surface area (Å²) in [6, 6.07) is 4.67. The molecule has 0 bridgehead atoms.